The van der Waals surface area contributed by atoms with Gasteiger partial charge in [-0.05, 0) is 23.8 Å². The number of aromatic nitrogens is 1. The normalized spacial score (nSPS) is 16.4. The molecule has 3 rings (SSSR count). The van der Waals surface area contributed by atoms with E-state index < -0.39 is 0 Å². The largest absolute Gasteiger partial charge is 0.398 e. The molecule has 20 heavy (non-hydrogen) atoms. The predicted octanol–water partition coefficient (Wildman–Crippen LogP) is 0.275. The number of piperazine rings is 1. The minimum Gasteiger partial charge on any atom is -0.398 e. The smallest absolute Gasteiger partial charge is 0.240 e. The van der Waals surface area contributed by atoms with Gasteiger partial charge in [-0.25, -0.2) is 0 Å². The number of carbonyl (C=O) groups excluding carboxylic acids is 2. The van der Waals surface area contributed by atoms with Crippen molar-refractivity contribution in [1.29, 1.82) is 0 Å². The number of anilines is 1. The molecule has 3 N–H and O–H groups in total. The second-order valence-corrected chi connectivity index (χ2v) is 4.83. The Hall–Kier alpha value is -2.47. The average molecular weight is 270 g/mol. The van der Waals surface area contributed by atoms with Crippen LogP contribution in [-0.4, -0.2) is 34.8 Å². The van der Waals surface area contributed by atoms with E-state index in [-0.39, 0.29) is 24.9 Å². The van der Waals surface area contributed by atoms with Crippen LogP contribution in [0, 0.1) is 0 Å². The second kappa shape index (κ2) is 4.90. The van der Waals surface area contributed by atoms with Gasteiger partial charge in [0, 0.05) is 23.8 Å². The fourth-order valence-electron chi connectivity index (χ4n) is 2.43. The topological polar surface area (TPSA) is 88.3 Å². The van der Waals surface area contributed by atoms with Gasteiger partial charge in [-0.2, -0.15) is 0 Å². The molecule has 0 spiro atoms. The first kappa shape index (κ1) is 12.6. The molecule has 1 saturated heterocycles. The van der Waals surface area contributed by atoms with E-state index in [1.807, 2.05) is 24.3 Å². The number of nitrogens with two attached hydrogens (primary N) is 1. The van der Waals surface area contributed by atoms with Crippen LogP contribution in [0.1, 0.15) is 5.56 Å². The van der Waals surface area contributed by atoms with Crippen LogP contribution < -0.4 is 11.1 Å². The molecular weight excluding hydrogens is 256 g/mol. The van der Waals surface area contributed by atoms with Crippen LogP contribution in [-0.2, 0) is 16.1 Å². The van der Waals surface area contributed by atoms with Gasteiger partial charge in [0.15, 0.2) is 0 Å². The van der Waals surface area contributed by atoms with E-state index in [2.05, 4.69) is 10.3 Å². The Morgan fingerprint density at radius 2 is 1.95 bits per heavy atom. The zero-order chi connectivity index (χ0) is 14.1. The maximum Gasteiger partial charge on any atom is 0.240 e. The summed E-state index contributed by atoms with van der Waals surface area (Å²) in [5, 5.41) is 3.17. The number of hydrogen-bond donors (Lipinski definition) is 2. The summed E-state index contributed by atoms with van der Waals surface area (Å²) in [6.07, 6.45) is 1.71. The van der Waals surface area contributed by atoms with Gasteiger partial charge in [0.2, 0.25) is 11.8 Å². The summed E-state index contributed by atoms with van der Waals surface area (Å²) in [7, 11) is 0. The Morgan fingerprint density at radius 1 is 1.20 bits per heavy atom. The molecule has 0 saturated carbocycles. The Kier molecular flexibility index (Phi) is 3.08. The van der Waals surface area contributed by atoms with E-state index in [0.717, 1.165) is 16.5 Å². The van der Waals surface area contributed by atoms with Crippen LogP contribution in [0.5, 0.6) is 0 Å². The highest BCUT2D eigenvalue weighted by atomic mass is 16.2. The second-order valence-electron chi connectivity index (χ2n) is 4.83. The molecule has 1 fully saturated rings. The molecule has 1 aliphatic rings. The molecule has 0 bridgehead atoms. The fraction of sp³-hybridized carbons (Fsp3) is 0.214. The van der Waals surface area contributed by atoms with Crippen molar-refractivity contribution in [3.63, 3.8) is 0 Å². The van der Waals surface area contributed by atoms with Gasteiger partial charge in [0.25, 0.3) is 0 Å². The molecule has 0 radical (unpaired) electrons. The number of hydrogen-bond acceptors (Lipinski definition) is 5. The van der Waals surface area contributed by atoms with Gasteiger partial charge in [0.05, 0.1) is 18.6 Å². The molecule has 1 aromatic heterocycles. The zero-order valence-corrected chi connectivity index (χ0v) is 10.8. The van der Waals surface area contributed by atoms with E-state index in [1.54, 1.807) is 11.1 Å². The quantitative estimate of drug-likeness (QED) is 0.604. The number of nitrogen functional groups attached to an aromatic ring is 1. The van der Waals surface area contributed by atoms with Crippen LogP contribution in [0.2, 0.25) is 0 Å². The number of nitrogens with one attached hydrogen (secondary N) is 1. The molecule has 1 aromatic carbocycles. The molecule has 2 amide bonds. The number of carbonyl (C=O) groups is 2. The lowest BCUT2D eigenvalue weighted by molar-refractivity contribution is -0.136. The summed E-state index contributed by atoms with van der Waals surface area (Å²) >= 11 is 0. The molecule has 1 aliphatic heterocycles. The van der Waals surface area contributed by atoms with E-state index >= 15 is 0 Å². The van der Waals surface area contributed by atoms with Gasteiger partial charge in [-0.3, -0.25) is 24.8 Å². The van der Waals surface area contributed by atoms with Crippen LogP contribution in [0.4, 0.5) is 5.69 Å². The first-order chi connectivity index (χ1) is 9.63. The third kappa shape index (κ3) is 2.33. The molecule has 102 valence electrons. The van der Waals surface area contributed by atoms with Crippen molar-refractivity contribution in [2.24, 2.45) is 0 Å². The van der Waals surface area contributed by atoms with Gasteiger partial charge in [-0.1, -0.05) is 6.07 Å². The predicted molar refractivity (Wildman–Crippen MR) is 74.6 cm³/mol. The fourth-order valence-corrected chi connectivity index (χ4v) is 2.43. The Balaban J connectivity index is 1.93. The number of fused-ring (bicyclic) bond motifs is 1. The van der Waals surface area contributed by atoms with Crippen molar-refractivity contribution in [1.82, 2.24) is 15.2 Å². The van der Waals surface area contributed by atoms with Gasteiger partial charge in [0.1, 0.15) is 0 Å². The lowest BCUT2D eigenvalue weighted by Crippen LogP contribution is -2.50. The molecular formula is C14H14N4O2. The number of rotatable bonds is 2. The number of imide groups is 1. The first-order valence-corrected chi connectivity index (χ1v) is 6.30. The van der Waals surface area contributed by atoms with Crippen LogP contribution in [0.3, 0.4) is 0 Å². The summed E-state index contributed by atoms with van der Waals surface area (Å²) in [6.45, 7) is 0.918. The number of nitrogens with zero attached hydrogens (tertiary/aromatic N) is 2. The van der Waals surface area contributed by atoms with Gasteiger partial charge < -0.3 is 5.73 Å². The SMILES string of the molecule is Nc1ccc(CN2CC(=O)NC(=O)C2)c2ncccc12. The molecule has 0 aliphatic carbocycles. The van der Waals surface area contributed by atoms with E-state index in [9.17, 15) is 9.59 Å². The maximum absolute atomic E-state index is 11.4. The Morgan fingerprint density at radius 3 is 2.70 bits per heavy atom. The highest BCUT2D eigenvalue weighted by Crippen LogP contribution is 2.23. The average Bonchev–Trinajstić information content (AvgIpc) is 2.41. The third-order valence-corrected chi connectivity index (χ3v) is 3.29. The van der Waals surface area contributed by atoms with Crippen molar-refractivity contribution in [2.45, 2.75) is 6.54 Å². The highest BCUT2D eigenvalue weighted by Gasteiger charge is 2.23. The molecule has 0 unspecified atom stereocenters. The zero-order valence-electron chi connectivity index (χ0n) is 10.8. The summed E-state index contributed by atoms with van der Waals surface area (Å²) in [5.41, 5.74) is 8.37. The Bertz CT molecular complexity index is 683. The molecule has 2 heterocycles. The number of benzene rings is 1. The lowest BCUT2D eigenvalue weighted by Gasteiger charge is -2.25. The monoisotopic (exact) mass is 270 g/mol. The minimum atomic E-state index is -0.269. The Labute approximate surface area is 115 Å². The van der Waals surface area contributed by atoms with Gasteiger partial charge in [-0.15, -0.1) is 0 Å². The van der Waals surface area contributed by atoms with Crippen molar-refractivity contribution >= 4 is 28.4 Å². The van der Waals surface area contributed by atoms with E-state index in [1.165, 1.54) is 0 Å². The number of pyridine rings is 1. The summed E-state index contributed by atoms with van der Waals surface area (Å²) in [4.78, 5) is 28.9. The first-order valence-electron chi connectivity index (χ1n) is 6.30. The standard InChI is InChI=1S/C14H14N4O2/c15-11-4-3-9(14-10(11)2-1-5-16-14)6-18-7-12(19)17-13(20)8-18/h1-5H,6-8,15H2,(H,17,19,20). The van der Waals surface area contributed by atoms with Crippen LogP contribution in [0.25, 0.3) is 10.9 Å². The molecule has 0 atom stereocenters. The van der Waals surface area contributed by atoms with Crippen LogP contribution in [0.15, 0.2) is 30.5 Å². The van der Waals surface area contributed by atoms with Crippen LogP contribution >= 0.6 is 0 Å². The van der Waals surface area contributed by atoms with Gasteiger partial charge >= 0.3 is 0 Å². The van der Waals surface area contributed by atoms with Crippen molar-refractivity contribution < 1.29 is 9.59 Å². The summed E-state index contributed by atoms with van der Waals surface area (Å²) < 4.78 is 0. The third-order valence-electron chi connectivity index (χ3n) is 3.29. The summed E-state index contributed by atoms with van der Waals surface area (Å²) in [5.74, 6) is -0.539. The van der Waals surface area contributed by atoms with E-state index in [4.69, 9.17) is 5.73 Å². The molecule has 6 nitrogen and oxygen atoms in total. The molecule has 6 heteroatoms. The molecule has 2 aromatic rings. The van der Waals surface area contributed by atoms with Crippen molar-refractivity contribution in [3.8, 4) is 0 Å². The summed E-state index contributed by atoms with van der Waals surface area (Å²) in [6, 6.07) is 7.46. The number of amides is 2. The minimum absolute atomic E-state index is 0.213. The van der Waals surface area contributed by atoms with Crippen molar-refractivity contribution in [3.05, 3.63) is 36.0 Å². The maximum atomic E-state index is 11.4. The highest BCUT2D eigenvalue weighted by molar-refractivity contribution is 5.99. The van der Waals surface area contributed by atoms with Crippen molar-refractivity contribution in [2.75, 3.05) is 18.8 Å². The lowest BCUT2D eigenvalue weighted by atomic mass is 10.1. The van der Waals surface area contributed by atoms with E-state index in [0.29, 0.717) is 12.2 Å².